The average molecular weight is 251 g/mol. The lowest BCUT2D eigenvalue weighted by atomic mass is 9.88. The molecule has 2 atom stereocenters. The zero-order valence-electron chi connectivity index (χ0n) is 9.95. The number of aliphatic carboxylic acids is 2. The maximum absolute atomic E-state index is 10.8. The second-order valence-corrected chi connectivity index (χ2v) is 4.31. The summed E-state index contributed by atoms with van der Waals surface area (Å²) in [6.07, 6.45) is 0.135. The van der Waals surface area contributed by atoms with Crippen LogP contribution >= 0.6 is 0 Å². The topological polar surface area (TPSA) is 101 Å². The Hall–Kier alpha value is -1.88. The molecular formula is C13H17NO4. The van der Waals surface area contributed by atoms with Gasteiger partial charge in [-0.1, -0.05) is 30.3 Å². The molecule has 1 unspecified atom stereocenters. The fourth-order valence-electron chi connectivity index (χ4n) is 1.88. The van der Waals surface area contributed by atoms with Gasteiger partial charge in [0.25, 0.3) is 0 Å². The van der Waals surface area contributed by atoms with E-state index in [1.54, 1.807) is 0 Å². The van der Waals surface area contributed by atoms with E-state index in [4.69, 9.17) is 15.9 Å². The van der Waals surface area contributed by atoms with Gasteiger partial charge in [-0.2, -0.15) is 0 Å². The van der Waals surface area contributed by atoms with E-state index >= 15 is 0 Å². The minimum absolute atomic E-state index is 0.122. The van der Waals surface area contributed by atoms with Crippen molar-refractivity contribution in [3.8, 4) is 0 Å². The third-order valence-electron chi connectivity index (χ3n) is 2.79. The highest BCUT2D eigenvalue weighted by molar-refractivity contribution is 5.69. The zero-order valence-corrected chi connectivity index (χ0v) is 9.95. The summed E-state index contributed by atoms with van der Waals surface area (Å²) in [6, 6.07) is 8.68. The molecule has 1 aromatic rings. The maximum atomic E-state index is 10.8. The summed E-state index contributed by atoms with van der Waals surface area (Å²) in [6.45, 7) is 0. The highest BCUT2D eigenvalue weighted by Gasteiger charge is 2.23. The molecule has 0 amide bonds. The second-order valence-electron chi connectivity index (χ2n) is 4.31. The van der Waals surface area contributed by atoms with Gasteiger partial charge in [0.2, 0.25) is 0 Å². The molecule has 0 heterocycles. The van der Waals surface area contributed by atoms with Crippen LogP contribution in [0.2, 0.25) is 0 Å². The van der Waals surface area contributed by atoms with Crippen LogP contribution in [-0.2, 0) is 16.0 Å². The molecular weight excluding hydrogens is 234 g/mol. The lowest BCUT2D eigenvalue weighted by Gasteiger charge is -2.21. The van der Waals surface area contributed by atoms with Gasteiger partial charge in [-0.15, -0.1) is 0 Å². The van der Waals surface area contributed by atoms with Crippen molar-refractivity contribution in [3.63, 3.8) is 0 Å². The highest BCUT2D eigenvalue weighted by atomic mass is 16.4. The SMILES string of the molecule is N[C@H](CC(=O)O)C(CC(=O)O)Cc1ccccc1. The Balaban J connectivity index is 2.71. The van der Waals surface area contributed by atoms with Crippen molar-refractivity contribution in [2.24, 2.45) is 11.7 Å². The first kappa shape index (κ1) is 14.2. The summed E-state index contributed by atoms with van der Waals surface area (Å²) >= 11 is 0. The predicted molar refractivity (Wildman–Crippen MR) is 66.1 cm³/mol. The van der Waals surface area contributed by atoms with Crippen LogP contribution in [0, 0.1) is 5.92 Å². The molecule has 0 fully saturated rings. The normalized spacial score (nSPS) is 13.8. The number of carbonyl (C=O) groups is 2. The van der Waals surface area contributed by atoms with Crippen LogP contribution in [0.1, 0.15) is 18.4 Å². The highest BCUT2D eigenvalue weighted by Crippen LogP contribution is 2.17. The second kappa shape index (κ2) is 6.76. The Bertz CT molecular complexity index is 405. The Labute approximate surface area is 105 Å². The van der Waals surface area contributed by atoms with E-state index in [2.05, 4.69) is 0 Å². The van der Waals surface area contributed by atoms with Crippen LogP contribution in [-0.4, -0.2) is 28.2 Å². The molecule has 0 bridgehead atoms. The number of hydrogen-bond acceptors (Lipinski definition) is 3. The first-order chi connectivity index (χ1) is 8.49. The van der Waals surface area contributed by atoms with Gasteiger partial charge in [-0.25, -0.2) is 0 Å². The molecule has 0 saturated heterocycles. The minimum Gasteiger partial charge on any atom is -0.481 e. The van der Waals surface area contributed by atoms with E-state index in [-0.39, 0.29) is 18.8 Å². The molecule has 5 heteroatoms. The van der Waals surface area contributed by atoms with Gasteiger partial charge in [-0.05, 0) is 17.9 Å². The van der Waals surface area contributed by atoms with Crippen molar-refractivity contribution in [1.29, 1.82) is 0 Å². The van der Waals surface area contributed by atoms with Crippen LogP contribution in [0.3, 0.4) is 0 Å². The summed E-state index contributed by atoms with van der Waals surface area (Å²) in [7, 11) is 0. The molecule has 1 aromatic carbocycles. The Kier molecular flexibility index (Phi) is 5.32. The van der Waals surface area contributed by atoms with Crippen molar-refractivity contribution in [3.05, 3.63) is 35.9 Å². The van der Waals surface area contributed by atoms with Crippen molar-refractivity contribution in [1.82, 2.24) is 0 Å². The van der Waals surface area contributed by atoms with Crippen molar-refractivity contribution in [2.75, 3.05) is 0 Å². The first-order valence-corrected chi connectivity index (χ1v) is 5.72. The Morgan fingerprint density at radius 2 is 1.61 bits per heavy atom. The molecule has 0 saturated carbocycles. The van der Waals surface area contributed by atoms with E-state index in [9.17, 15) is 9.59 Å². The number of carboxylic acid groups (broad SMARTS) is 2. The van der Waals surface area contributed by atoms with Crippen molar-refractivity contribution in [2.45, 2.75) is 25.3 Å². The largest absolute Gasteiger partial charge is 0.481 e. The molecule has 0 spiro atoms. The first-order valence-electron chi connectivity index (χ1n) is 5.72. The monoisotopic (exact) mass is 251 g/mol. The van der Waals surface area contributed by atoms with Crippen LogP contribution < -0.4 is 5.73 Å². The molecule has 0 aliphatic heterocycles. The summed E-state index contributed by atoms with van der Waals surface area (Å²) in [5.41, 5.74) is 6.73. The quantitative estimate of drug-likeness (QED) is 0.674. The van der Waals surface area contributed by atoms with Crippen LogP contribution in [0.25, 0.3) is 0 Å². The van der Waals surface area contributed by atoms with Crippen LogP contribution in [0.4, 0.5) is 0 Å². The summed E-state index contributed by atoms with van der Waals surface area (Å²) in [4.78, 5) is 21.4. The summed E-state index contributed by atoms with van der Waals surface area (Å²) < 4.78 is 0. The van der Waals surface area contributed by atoms with Gasteiger partial charge < -0.3 is 15.9 Å². The lowest BCUT2D eigenvalue weighted by Crippen LogP contribution is -2.35. The fourth-order valence-corrected chi connectivity index (χ4v) is 1.88. The Morgan fingerprint density at radius 3 is 2.11 bits per heavy atom. The molecule has 0 aliphatic rings. The van der Waals surface area contributed by atoms with Gasteiger partial charge in [0, 0.05) is 12.5 Å². The maximum Gasteiger partial charge on any atom is 0.304 e. The van der Waals surface area contributed by atoms with Crippen LogP contribution in [0.15, 0.2) is 30.3 Å². The van der Waals surface area contributed by atoms with Gasteiger partial charge in [0.15, 0.2) is 0 Å². The minimum atomic E-state index is -1.01. The van der Waals surface area contributed by atoms with Gasteiger partial charge in [0.05, 0.1) is 6.42 Å². The molecule has 98 valence electrons. The molecule has 0 aromatic heterocycles. The molecule has 0 radical (unpaired) electrons. The number of carboxylic acids is 2. The number of hydrogen-bond donors (Lipinski definition) is 3. The third kappa shape index (κ3) is 4.97. The molecule has 5 nitrogen and oxygen atoms in total. The number of nitrogens with two attached hydrogens (primary N) is 1. The Morgan fingerprint density at radius 1 is 1.06 bits per heavy atom. The average Bonchev–Trinajstić information content (AvgIpc) is 2.28. The number of rotatable bonds is 7. The fraction of sp³-hybridized carbons (Fsp3) is 0.385. The van der Waals surface area contributed by atoms with Gasteiger partial charge in [-0.3, -0.25) is 9.59 Å². The smallest absolute Gasteiger partial charge is 0.304 e. The van der Waals surface area contributed by atoms with E-state index in [0.29, 0.717) is 6.42 Å². The zero-order chi connectivity index (χ0) is 13.5. The van der Waals surface area contributed by atoms with Crippen LogP contribution in [0.5, 0.6) is 0 Å². The molecule has 0 aliphatic carbocycles. The lowest BCUT2D eigenvalue weighted by molar-refractivity contribution is -0.140. The van der Waals surface area contributed by atoms with Gasteiger partial charge >= 0.3 is 11.9 Å². The van der Waals surface area contributed by atoms with E-state index in [1.165, 1.54) is 0 Å². The third-order valence-corrected chi connectivity index (χ3v) is 2.79. The summed E-state index contributed by atoms with van der Waals surface area (Å²) in [5.74, 6) is -2.34. The molecule has 4 N–H and O–H groups in total. The summed E-state index contributed by atoms with van der Waals surface area (Å²) in [5, 5.41) is 17.5. The van der Waals surface area contributed by atoms with E-state index < -0.39 is 18.0 Å². The number of benzene rings is 1. The van der Waals surface area contributed by atoms with E-state index in [0.717, 1.165) is 5.56 Å². The molecule has 18 heavy (non-hydrogen) atoms. The van der Waals surface area contributed by atoms with E-state index in [1.807, 2.05) is 30.3 Å². The van der Waals surface area contributed by atoms with Crippen molar-refractivity contribution >= 4 is 11.9 Å². The standard InChI is InChI=1S/C13H17NO4/c14-11(8-13(17)18)10(7-12(15)16)6-9-4-2-1-3-5-9/h1-5,10-11H,6-8,14H2,(H,15,16)(H,17,18)/t10?,11-/m1/s1. The van der Waals surface area contributed by atoms with Gasteiger partial charge in [0.1, 0.15) is 0 Å². The molecule has 1 rings (SSSR count). The predicted octanol–water partition coefficient (Wildman–Crippen LogP) is 1.12. The van der Waals surface area contributed by atoms with Crippen molar-refractivity contribution < 1.29 is 19.8 Å².